The number of alkyl halides is 1. The Balaban J connectivity index is 0.000000452. The van der Waals surface area contributed by atoms with Crippen molar-refractivity contribution in [1.29, 1.82) is 5.26 Å². The maximum atomic E-state index is 11.5. The molecular weight excluding hydrogens is 435 g/mol. The van der Waals surface area contributed by atoms with Crippen LogP contribution in [-0.4, -0.2) is 31.1 Å². The van der Waals surface area contributed by atoms with Crippen LogP contribution in [0.3, 0.4) is 0 Å². The molecule has 1 unspecified atom stereocenters. The molecule has 2 aromatic rings. The first kappa shape index (κ1) is 30.6. The Bertz CT molecular complexity index is 876. The zero-order chi connectivity index (χ0) is 25.4. The Morgan fingerprint density at radius 2 is 1.85 bits per heavy atom. The number of halogens is 2. The average Bonchev–Trinajstić information content (AvgIpc) is 3.23. The van der Waals surface area contributed by atoms with E-state index in [9.17, 15) is 9.18 Å². The smallest absolute Gasteiger partial charge is 0.222 e. The van der Waals surface area contributed by atoms with E-state index in [-0.39, 0.29) is 0 Å². The monoisotopic (exact) mass is 474 g/mol. The summed E-state index contributed by atoms with van der Waals surface area (Å²) in [5, 5.41) is 9.00. The molecule has 2 aromatic carbocycles. The van der Waals surface area contributed by atoms with Gasteiger partial charge in [-0.1, -0.05) is 69.6 Å². The van der Waals surface area contributed by atoms with Gasteiger partial charge >= 0.3 is 0 Å². The summed E-state index contributed by atoms with van der Waals surface area (Å²) in [6, 6.07) is 15.8. The summed E-state index contributed by atoms with van der Waals surface area (Å²) in [5.74, 6) is 1.55. The van der Waals surface area contributed by atoms with Crippen LogP contribution in [-0.2, 0) is 11.2 Å². The number of nitriles is 1. The van der Waals surface area contributed by atoms with E-state index < -0.39 is 0 Å². The highest BCUT2D eigenvalue weighted by molar-refractivity contribution is 6.31. The van der Waals surface area contributed by atoms with Crippen molar-refractivity contribution in [3.63, 3.8) is 0 Å². The molecule has 3 rings (SSSR count). The van der Waals surface area contributed by atoms with Crippen LogP contribution < -0.4 is 0 Å². The fourth-order valence-corrected chi connectivity index (χ4v) is 3.63. The highest BCUT2D eigenvalue weighted by Crippen LogP contribution is 2.17. The number of nitrogens with zero attached hydrogens (tertiary/aromatic N) is 2. The molecule has 1 aliphatic heterocycles. The van der Waals surface area contributed by atoms with Gasteiger partial charge in [0.1, 0.15) is 6.07 Å². The number of hydrogen-bond acceptors (Lipinski definition) is 2. The second-order valence-corrected chi connectivity index (χ2v) is 9.11. The third-order valence-electron chi connectivity index (χ3n) is 5.25. The van der Waals surface area contributed by atoms with Gasteiger partial charge in [-0.15, -0.1) is 0 Å². The maximum Gasteiger partial charge on any atom is 0.222 e. The van der Waals surface area contributed by atoms with Gasteiger partial charge in [0.05, 0.1) is 17.8 Å². The first-order valence-corrected chi connectivity index (χ1v) is 11.9. The molecule has 1 atom stereocenters. The molecule has 0 N–H and O–H groups in total. The van der Waals surface area contributed by atoms with Crippen LogP contribution in [0.1, 0.15) is 62.8 Å². The predicted molar refractivity (Wildman–Crippen MR) is 138 cm³/mol. The van der Waals surface area contributed by atoms with Gasteiger partial charge in [-0.25, -0.2) is 0 Å². The molecule has 1 amide bonds. The summed E-state index contributed by atoms with van der Waals surface area (Å²) in [6.07, 6.45) is 3.04. The quantitative estimate of drug-likeness (QED) is 0.460. The van der Waals surface area contributed by atoms with Crippen LogP contribution in [0.4, 0.5) is 4.39 Å². The molecule has 1 fully saturated rings. The molecule has 5 heteroatoms. The molecule has 1 heterocycles. The lowest BCUT2D eigenvalue weighted by Crippen LogP contribution is -2.29. The summed E-state index contributed by atoms with van der Waals surface area (Å²) in [4.78, 5) is 13.5. The molecule has 1 aliphatic rings. The van der Waals surface area contributed by atoms with Gasteiger partial charge in [-0.2, -0.15) is 5.26 Å². The van der Waals surface area contributed by atoms with Crippen LogP contribution in [0.25, 0.3) is 0 Å². The normalized spacial score (nSPS) is 14.1. The molecule has 0 saturated carbocycles. The number of amides is 1. The van der Waals surface area contributed by atoms with Crippen LogP contribution in [0.2, 0.25) is 5.02 Å². The lowest BCUT2D eigenvalue weighted by atomic mass is 10.1. The van der Waals surface area contributed by atoms with E-state index in [4.69, 9.17) is 16.9 Å². The van der Waals surface area contributed by atoms with Gasteiger partial charge in [0.25, 0.3) is 0 Å². The number of rotatable bonds is 3. The average molecular weight is 475 g/mol. The topological polar surface area (TPSA) is 44.1 Å². The van der Waals surface area contributed by atoms with E-state index in [2.05, 4.69) is 58.9 Å². The highest BCUT2D eigenvalue weighted by Gasteiger charge is 2.23. The summed E-state index contributed by atoms with van der Waals surface area (Å²) in [5.41, 5.74) is 4.47. The number of carbonyl (C=O) groups is 1. The predicted octanol–water partition coefficient (Wildman–Crippen LogP) is 7.56. The van der Waals surface area contributed by atoms with Crippen molar-refractivity contribution in [2.75, 3.05) is 20.3 Å². The number of carbonyl (C=O) groups excluding carboxylic acids is 1. The SMILES string of the molecule is CC(C)CC(=O)N1CCC(C)C1.CCc1ccccc1C.CF.Cc1ccc(C#N)c(Cl)c1. The van der Waals surface area contributed by atoms with Gasteiger partial charge < -0.3 is 4.90 Å². The van der Waals surface area contributed by atoms with Gasteiger partial charge in [0, 0.05) is 19.5 Å². The van der Waals surface area contributed by atoms with Crippen molar-refractivity contribution >= 4 is 17.5 Å². The van der Waals surface area contributed by atoms with Crippen molar-refractivity contribution < 1.29 is 9.18 Å². The molecule has 0 aliphatic carbocycles. The van der Waals surface area contributed by atoms with Crippen LogP contribution in [0.15, 0.2) is 42.5 Å². The van der Waals surface area contributed by atoms with Crippen LogP contribution in [0.5, 0.6) is 0 Å². The minimum Gasteiger partial charge on any atom is -0.342 e. The third kappa shape index (κ3) is 12.4. The molecule has 33 heavy (non-hydrogen) atoms. The summed E-state index contributed by atoms with van der Waals surface area (Å²) < 4.78 is 9.50. The van der Waals surface area contributed by atoms with E-state index in [0.29, 0.717) is 41.9 Å². The van der Waals surface area contributed by atoms with E-state index in [0.717, 1.165) is 25.1 Å². The zero-order valence-electron chi connectivity index (χ0n) is 21.3. The molecule has 0 radical (unpaired) electrons. The summed E-state index contributed by atoms with van der Waals surface area (Å²) >= 11 is 5.71. The Labute approximate surface area is 205 Å². The van der Waals surface area contributed by atoms with E-state index >= 15 is 0 Å². The first-order valence-electron chi connectivity index (χ1n) is 11.5. The zero-order valence-corrected chi connectivity index (χ0v) is 22.0. The van der Waals surface area contributed by atoms with E-state index in [1.165, 1.54) is 17.5 Å². The molecule has 3 nitrogen and oxygen atoms in total. The molecule has 0 spiro atoms. The van der Waals surface area contributed by atoms with E-state index in [1.54, 1.807) is 12.1 Å². The van der Waals surface area contributed by atoms with Gasteiger partial charge in [-0.05, 0) is 67.3 Å². The second kappa shape index (κ2) is 17.1. The molecule has 1 saturated heterocycles. The second-order valence-electron chi connectivity index (χ2n) is 8.71. The lowest BCUT2D eigenvalue weighted by molar-refractivity contribution is -0.131. The summed E-state index contributed by atoms with van der Waals surface area (Å²) in [6.45, 7) is 14.6. The van der Waals surface area contributed by atoms with Crippen LogP contribution >= 0.6 is 11.6 Å². The first-order chi connectivity index (χ1) is 15.7. The molecule has 0 aromatic heterocycles. The van der Waals surface area contributed by atoms with Crippen molar-refractivity contribution in [1.82, 2.24) is 4.90 Å². The molecular formula is C28H40ClFN2O. The third-order valence-corrected chi connectivity index (χ3v) is 5.56. The maximum absolute atomic E-state index is 11.5. The lowest BCUT2D eigenvalue weighted by Gasteiger charge is -2.16. The number of hydrogen-bond donors (Lipinski definition) is 0. The van der Waals surface area contributed by atoms with Crippen molar-refractivity contribution in [2.45, 2.75) is 60.8 Å². The fraction of sp³-hybridized carbons (Fsp3) is 0.500. The Hall–Kier alpha value is -2.38. The number of benzene rings is 2. The standard InChI is InChI=1S/C10H19NO.C9H12.C8H6ClN.CH3F/c1-8(2)6-10(12)11-5-4-9(3)7-11;1-3-9-7-5-4-6-8(9)2;1-6-2-3-7(5-10)8(9)4-6;1-2/h8-9H,4-7H2,1-3H3;4-7H,3H2,1-2H3;2-4H,1H3;1H3. The summed E-state index contributed by atoms with van der Waals surface area (Å²) in [7, 11) is 0.500. The molecule has 0 bridgehead atoms. The van der Waals surface area contributed by atoms with E-state index in [1.807, 2.05) is 24.0 Å². The number of likely N-dealkylation sites (tertiary alicyclic amines) is 1. The fourth-order valence-electron chi connectivity index (χ4n) is 3.36. The highest BCUT2D eigenvalue weighted by atomic mass is 35.5. The van der Waals surface area contributed by atoms with Crippen molar-refractivity contribution in [3.8, 4) is 6.07 Å². The van der Waals surface area contributed by atoms with Gasteiger partial charge in [-0.3, -0.25) is 9.18 Å². The largest absolute Gasteiger partial charge is 0.342 e. The van der Waals surface area contributed by atoms with Crippen LogP contribution in [0, 0.1) is 37.0 Å². The minimum absolute atomic E-state index is 0.342. The molecule has 182 valence electrons. The van der Waals surface area contributed by atoms with Crippen molar-refractivity contribution in [2.24, 2.45) is 11.8 Å². The Morgan fingerprint density at radius 3 is 2.27 bits per heavy atom. The number of aryl methyl sites for hydroxylation is 3. The van der Waals surface area contributed by atoms with Gasteiger partial charge in [0.2, 0.25) is 5.91 Å². The Kier molecular flexibility index (Phi) is 15.9. The minimum atomic E-state index is 0.342. The Morgan fingerprint density at radius 1 is 1.21 bits per heavy atom. The van der Waals surface area contributed by atoms with Crippen molar-refractivity contribution in [3.05, 3.63) is 69.7 Å². The van der Waals surface area contributed by atoms with Gasteiger partial charge in [0.15, 0.2) is 0 Å².